The Bertz CT molecular complexity index is 2110. The minimum atomic E-state index is -0.608. The number of carbonyl (C=O) groups excluding carboxylic acids is 1. The van der Waals surface area contributed by atoms with Gasteiger partial charge in [-0.05, 0) is 78.1 Å². The van der Waals surface area contributed by atoms with Crippen molar-refractivity contribution in [3.8, 4) is 27.6 Å². The maximum absolute atomic E-state index is 13.6. The van der Waals surface area contributed by atoms with Crippen LogP contribution < -0.4 is 15.8 Å². The molecule has 238 valence electrons. The maximum atomic E-state index is 13.6. The molecule has 0 saturated carbocycles. The molecule has 6 aromatic rings. The zero-order valence-corrected chi connectivity index (χ0v) is 27.0. The van der Waals surface area contributed by atoms with Gasteiger partial charge in [0.05, 0.1) is 33.3 Å². The molecule has 0 aliphatic heterocycles. The zero-order valence-electron chi connectivity index (χ0n) is 26.2. The van der Waals surface area contributed by atoms with Gasteiger partial charge in [-0.3, -0.25) is 9.78 Å². The lowest BCUT2D eigenvalue weighted by atomic mass is 9.92. The van der Waals surface area contributed by atoms with Crippen molar-refractivity contribution in [3.05, 3.63) is 107 Å². The van der Waals surface area contributed by atoms with Crippen LogP contribution in [0.2, 0.25) is 0 Å². The van der Waals surface area contributed by atoms with Crippen LogP contribution in [-0.4, -0.2) is 26.1 Å². The van der Waals surface area contributed by atoms with Crippen LogP contribution in [0.3, 0.4) is 0 Å². The van der Waals surface area contributed by atoms with Crippen LogP contribution in [0, 0.1) is 18.7 Å². The normalized spacial score (nSPS) is 14.1. The number of primary amides is 1. The van der Waals surface area contributed by atoms with Crippen molar-refractivity contribution in [2.45, 2.75) is 52.7 Å². The first kappa shape index (κ1) is 30.5. The van der Waals surface area contributed by atoms with Gasteiger partial charge < -0.3 is 20.2 Å². The molecule has 4 heterocycles. The molecule has 0 bridgehead atoms. The summed E-state index contributed by atoms with van der Waals surface area (Å²) in [5.74, 6) is 0.979. The van der Waals surface area contributed by atoms with Crippen LogP contribution in [-0.2, 0) is 19.4 Å². The Balaban J connectivity index is 1.41. The molecule has 0 radical (unpaired) electrons. The summed E-state index contributed by atoms with van der Waals surface area (Å²) in [7, 11) is 0. The number of rotatable bonds is 10. The average molecular weight is 649 g/mol. The highest BCUT2D eigenvalue weighted by molar-refractivity contribution is 7.23. The number of carbonyl (C=O) groups is 1. The highest BCUT2D eigenvalue weighted by Gasteiger charge is 2.30. The number of pyridine rings is 2. The largest absolute Gasteiger partial charge is 0.487 e. The van der Waals surface area contributed by atoms with E-state index < -0.39 is 5.91 Å². The predicted molar refractivity (Wildman–Crippen MR) is 180 cm³/mol. The summed E-state index contributed by atoms with van der Waals surface area (Å²) in [5.41, 5.74) is 11.2. The molecule has 7 rings (SSSR count). The summed E-state index contributed by atoms with van der Waals surface area (Å²) < 4.78 is 26.6. The van der Waals surface area contributed by atoms with Crippen LogP contribution in [0.25, 0.3) is 32.0 Å². The van der Waals surface area contributed by atoms with Gasteiger partial charge in [0.15, 0.2) is 0 Å². The molecule has 4 aromatic heterocycles. The van der Waals surface area contributed by atoms with Crippen molar-refractivity contribution >= 4 is 33.1 Å². The number of hydrogen-bond donors (Lipinski definition) is 2. The standard InChI is InChI=1S/C36H33FN6O3S/c1-19(2)16-27-30(34(38)44)32(31(36-43-42-20(3)46-36)28(40-27)18-45-24-11-9-23(37)10-12-24)29-17-22-14-15-39-35(33(22)47-29)41-26-13-8-21-6-4-5-7-25(21)26/h4-7,9-12,14-15,17,19,26H,8,13,16,18H2,1-3H3,(H2,38,44)(H,39,41)/t26-/m0/s1. The predicted octanol–water partition coefficient (Wildman–Crippen LogP) is 7.83. The van der Waals surface area contributed by atoms with Crippen LogP contribution in [0.4, 0.5) is 10.2 Å². The number of ether oxygens (including phenoxy) is 1. The second kappa shape index (κ2) is 12.6. The first-order chi connectivity index (χ1) is 22.7. The number of fused-ring (bicyclic) bond motifs is 2. The van der Waals surface area contributed by atoms with Crippen LogP contribution >= 0.6 is 11.3 Å². The summed E-state index contributed by atoms with van der Waals surface area (Å²) in [6.07, 6.45) is 4.27. The molecular weight excluding hydrogens is 616 g/mol. The monoisotopic (exact) mass is 648 g/mol. The molecule has 1 aliphatic carbocycles. The number of aromatic nitrogens is 4. The van der Waals surface area contributed by atoms with E-state index in [1.807, 2.05) is 12.1 Å². The Hall–Kier alpha value is -5.16. The van der Waals surface area contributed by atoms with Crippen molar-refractivity contribution in [3.63, 3.8) is 0 Å². The number of halogens is 1. The van der Waals surface area contributed by atoms with Gasteiger partial charge in [0.2, 0.25) is 11.8 Å². The fourth-order valence-electron chi connectivity index (χ4n) is 6.21. The third-order valence-corrected chi connectivity index (χ3v) is 9.42. The summed E-state index contributed by atoms with van der Waals surface area (Å²) in [5, 5.41) is 13.1. The minimum absolute atomic E-state index is 0.000123. The Morgan fingerprint density at radius 3 is 2.66 bits per heavy atom. The number of thiophene rings is 1. The number of anilines is 1. The van der Waals surface area contributed by atoms with Crippen LogP contribution in [0.15, 0.2) is 71.3 Å². The van der Waals surface area contributed by atoms with Gasteiger partial charge in [-0.25, -0.2) is 9.37 Å². The molecule has 9 nitrogen and oxygen atoms in total. The number of nitrogens with two attached hydrogens (primary N) is 1. The minimum Gasteiger partial charge on any atom is -0.487 e. The highest BCUT2D eigenvalue weighted by atomic mass is 32.1. The fraction of sp³-hybridized carbons (Fsp3) is 0.250. The van der Waals surface area contributed by atoms with Gasteiger partial charge in [-0.15, -0.1) is 21.5 Å². The molecule has 0 spiro atoms. The molecular formula is C36H33FN6O3S. The second-order valence-electron chi connectivity index (χ2n) is 12.1. The smallest absolute Gasteiger partial charge is 0.251 e. The number of aryl methyl sites for hydroxylation is 2. The molecule has 47 heavy (non-hydrogen) atoms. The summed E-state index contributed by atoms with van der Waals surface area (Å²) in [4.78, 5) is 23.8. The van der Waals surface area contributed by atoms with Gasteiger partial charge in [0.25, 0.3) is 5.91 Å². The maximum Gasteiger partial charge on any atom is 0.251 e. The van der Waals surface area contributed by atoms with Gasteiger partial charge in [-0.2, -0.15) is 0 Å². The van der Waals surface area contributed by atoms with E-state index in [-0.39, 0.29) is 30.3 Å². The highest BCUT2D eigenvalue weighted by Crippen LogP contribution is 2.45. The first-order valence-corrected chi connectivity index (χ1v) is 16.3. The van der Waals surface area contributed by atoms with Crippen molar-refractivity contribution in [1.29, 1.82) is 0 Å². The molecule has 0 fully saturated rings. The average Bonchev–Trinajstić information content (AvgIpc) is 3.79. The van der Waals surface area contributed by atoms with Gasteiger partial charge >= 0.3 is 0 Å². The number of benzene rings is 2. The second-order valence-corrected chi connectivity index (χ2v) is 13.1. The molecule has 1 aliphatic rings. The number of nitrogens with one attached hydrogen (secondary N) is 1. The molecule has 1 atom stereocenters. The molecule has 2 aromatic carbocycles. The number of hydrogen-bond acceptors (Lipinski definition) is 9. The molecule has 1 amide bonds. The Labute approximate surface area is 275 Å². The lowest BCUT2D eigenvalue weighted by Crippen LogP contribution is -2.20. The van der Waals surface area contributed by atoms with E-state index in [1.165, 1.54) is 34.6 Å². The third-order valence-electron chi connectivity index (χ3n) is 8.25. The van der Waals surface area contributed by atoms with E-state index in [0.29, 0.717) is 46.1 Å². The van der Waals surface area contributed by atoms with Crippen LogP contribution in [0.1, 0.15) is 65.1 Å². The van der Waals surface area contributed by atoms with Crippen molar-refractivity contribution in [2.24, 2.45) is 11.7 Å². The Kier molecular flexibility index (Phi) is 8.15. The van der Waals surface area contributed by atoms with E-state index >= 15 is 0 Å². The fourth-order valence-corrected chi connectivity index (χ4v) is 7.38. The first-order valence-electron chi connectivity index (χ1n) is 15.5. The molecule has 11 heteroatoms. The molecule has 0 unspecified atom stereocenters. The lowest BCUT2D eigenvalue weighted by Gasteiger charge is -2.19. The Morgan fingerprint density at radius 1 is 1.11 bits per heavy atom. The topological polar surface area (TPSA) is 129 Å². The van der Waals surface area contributed by atoms with Crippen molar-refractivity contribution in [2.75, 3.05) is 5.32 Å². The summed E-state index contributed by atoms with van der Waals surface area (Å²) in [6, 6.07) is 18.4. The molecule has 3 N–H and O–H groups in total. The zero-order chi connectivity index (χ0) is 32.7. The summed E-state index contributed by atoms with van der Waals surface area (Å²) >= 11 is 1.51. The number of nitrogens with zero attached hydrogens (tertiary/aromatic N) is 4. The van der Waals surface area contributed by atoms with Crippen LogP contribution in [0.5, 0.6) is 5.75 Å². The van der Waals surface area contributed by atoms with Crippen molar-refractivity contribution < 1.29 is 18.3 Å². The SMILES string of the molecule is Cc1nnc(-c2c(COc3ccc(F)cc3)nc(CC(C)C)c(C(N)=O)c2-c2cc3ccnc(N[C@H]4CCc5ccccc54)c3s2)o1. The van der Waals surface area contributed by atoms with Crippen molar-refractivity contribution in [1.82, 2.24) is 20.2 Å². The number of amides is 1. The van der Waals surface area contributed by atoms with E-state index in [1.54, 1.807) is 25.3 Å². The van der Waals surface area contributed by atoms with E-state index in [2.05, 4.69) is 53.6 Å². The Morgan fingerprint density at radius 2 is 1.91 bits per heavy atom. The van der Waals surface area contributed by atoms with Gasteiger partial charge in [0, 0.05) is 23.6 Å². The van der Waals surface area contributed by atoms with E-state index in [9.17, 15) is 9.18 Å². The lowest BCUT2D eigenvalue weighted by molar-refractivity contribution is 0.0999. The van der Waals surface area contributed by atoms with E-state index in [4.69, 9.17) is 24.9 Å². The quantitative estimate of drug-likeness (QED) is 0.154. The third kappa shape index (κ3) is 6.06. The van der Waals surface area contributed by atoms with Gasteiger partial charge in [0.1, 0.15) is 24.0 Å². The molecule has 0 saturated heterocycles. The van der Waals surface area contributed by atoms with Gasteiger partial charge in [-0.1, -0.05) is 38.1 Å². The van der Waals surface area contributed by atoms with E-state index in [0.717, 1.165) is 33.6 Å². The summed E-state index contributed by atoms with van der Waals surface area (Å²) in [6.45, 7) is 5.81.